The molecule has 2 aliphatic rings. The molecule has 3 atom stereocenters. The van der Waals surface area contributed by atoms with Gasteiger partial charge in [0.1, 0.15) is 12.4 Å². The number of nitrogens with zero attached hydrogens (tertiary/aromatic N) is 1. The van der Waals surface area contributed by atoms with Gasteiger partial charge < -0.3 is 29.4 Å². The Labute approximate surface area is 253 Å². The van der Waals surface area contributed by atoms with Crippen molar-refractivity contribution < 1.29 is 33.6 Å². The fourth-order valence-electron chi connectivity index (χ4n) is 5.89. The molecule has 3 aromatic rings. The van der Waals surface area contributed by atoms with Gasteiger partial charge >= 0.3 is 0 Å². The minimum absolute atomic E-state index is 0.00829. The highest BCUT2D eigenvalue weighted by molar-refractivity contribution is 5.93. The third kappa shape index (κ3) is 8.06. The quantitative estimate of drug-likeness (QED) is 0.220. The number of rotatable bonds is 10. The average Bonchev–Trinajstić information content (AvgIpc) is 3.57. The second kappa shape index (κ2) is 14.9. The normalized spacial score (nSPS) is 19.1. The first kappa shape index (κ1) is 31.8. The Hall–Kier alpha value is -4.08. The van der Waals surface area contributed by atoms with E-state index in [2.05, 4.69) is 41.4 Å². The number of para-hydroxylation sites is 1. The summed E-state index contributed by atoms with van der Waals surface area (Å²) < 4.78 is 22.7. The zero-order chi connectivity index (χ0) is 30.9. The molecule has 1 fully saturated rings. The molecule has 230 valence electrons. The summed E-state index contributed by atoms with van der Waals surface area (Å²) in [4.78, 5) is 24.0. The molecule has 43 heavy (non-hydrogen) atoms. The fraction of sp³-hybridized carbons (Fsp3) is 0.412. The van der Waals surface area contributed by atoms with Crippen LogP contribution in [0.5, 0.6) is 17.2 Å². The zero-order valence-electron chi connectivity index (χ0n) is 25.5. The summed E-state index contributed by atoms with van der Waals surface area (Å²) in [6, 6.07) is 20.6. The summed E-state index contributed by atoms with van der Waals surface area (Å²) in [5.74, 6) is 2.87. The van der Waals surface area contributed by atoms with Crippen LogP contribution in [0.25, 0.3) is 0 Å². The highest BCUT2D eigenvalue weighted by atomic mass is 16.7. The van der Waals surface area contributed by atoms with Crippen LogP contribution in [0.2, 0.25) is 0 Å². The molecule has 1 unspecified atom stereocenters. The number of carbonyl (C=O) groups is 2. The maximum atomic E-state index is 13.4. The lowest BCUT2D eigenvalue weighted by atomic mass is 9.84. The second-order valence-corrected chi connectivity index (χ2v) is 11.2. The number of hydrogen-bond acceptors (Lipinski definition) is 7. The lowest BCUT2D eigenvalue weighted by Gasteiger charge is -2.27. The van der Waals surface area contributed by atoms with E-state index in [1.165, 1.54) is 11.1 Å². The van der Waals surface area contributed by atoms with E-state index in [-0.39, 0.29) is 43.2 Å². The largest absolute Gasteiger partial charge is 0.491 e. The Kier molecular flexibility index (Phi) is 11.0. The van der Waals surface area contributed by atoms with E-state index in [0.717, 1.165) is 40.6 Å². The Morgan fingerprint density at radius 3 is 2.35 bits per heavy atom. The van der Waals surface area contributed by atoms with E-state index < -0.39 is 0 Å². The fourth-order valence-corrected chi connectivity index (χ4v) is 5.89. The highest BCUT2D eigenvalue weighted by Crippen LogP contribution is 2.47. The van der Waals surface area contributed by atoms with Gasteiger partial charge in [-0.2, -0.15) is 0 Å². The van der Waals surface area contributed by atoms with Gasteiger partial charge in [-0.05, 0) is 80.1 Å². The highest BCUT2D eigenvalue weighted by Gasteiger charge is 2.41. The number of hydrogen-bond donors (Lipinski definition) is 2. The van der Waals surface area contributed by atoms with Crippen molar-refractivity contribution in [1.29, 1.82) is 0 Å². The van der Waals surface area contributed by atoms with Gasteiger partial charge in [0.2, 0.25) is 12.7 Å². The van der Waals surface area contributed by atoms with Gasteiger partial charge in [-0.3, -0.25) is 14.5 Å². The summed E-state index contributed by atoms with van der Waals surface area (Å²) in [5, 5.41) is 10.1. The van der Waals surface area contributed by atoms with Crippen molar-refractivity contribution in [2.75, 3.05) is 38.4 Å². The summed E-state index contributed by atoms with van der Waals surface area (Å²) in [5.41, 5.74) is 5.39. The molecule has 2 aliphatic heterocycles. The van der Waals surface area contributed by atoms with E-state index in [9.17, 15) is 4.79 Å². The topological polar surface area (TPSA) is 107 Å². The molecular formula is C34H42N2O7. The number of ether oxygens (including phenoxy) is 4. The van der Waals surface area contributed by atoms with Crippen molar-refractivity contribution in [3.63, 3.8) is 0 Å². The zero-order valence-corrected chi connectivity index (χ0v) is 25.5. The first-order valence-electron chi connectivity index (χ1n) is 14.6. The van der Waals surface area contributed by atoms with Crippen molar-refractivity contribution in [2.45, 2.75) is 52.7 Å². The number of carboxylic acid groups (broad SMARTS) is 1. The van der Waals surface area contributed by atoms with Gasteiger partial charge in [-0.25, -0.2) is 0 Å². The summed E-state index contributed by atoms with van der Waals surface area (Å²) in [6.07, 6.45) is 0.186. The summed E-state index contributed by atoms with van der Waals surface area (Å²) in [6.45, 7) is 12.5. The number of fused-ring (bicyclic) bond motifs is 1. The van der Waals surface area contributed by atoms with E-state index >= 15 is 0 Å². The monoisotopic (exact) mass is 590 g/mol. The number of aryl methyl sites for hydroxylation is 2. The molecular weight excluding hydrogens is 548 g/mol. The van der Waals surface area contributed by atoms with Crippen LogP contribution in [0, 0.1) is 19.8 Å². The first-order valence-corrected chi connectivity index (χ1v) is 14.6. The molecule has 9 nitrogen and oxygen atoms in total. The number of likely N-dealkylation sites (tertiary alicyclic amines) is 1. The lowest BCUT2D eigenvalue weighted by molar-refractivity contribution is -0.123. The number of nitrogens with one attached hydrogen (secondary N) is 1. The molecule has 1 amide bonds. The van der Waals surface area contributed by atoms with Gasteiger partial charge in [0.15, 0.2) is 11.5 Å². The predicted octanol–water partition coefficient (Wildman–Crippen LogP) is 5.95. The van der Waals surface area contributed by atoms with Crippen LogP contribution in [0.4, 0.5) is 5.69 Å². The van der Waals surface area contributed by atoms with Crippen LogP contribution in [-0.4, -0.2) is 61.6 Å². The Morgan fingerprint density at radius 1 is 1.02 bits per heavy atom. The minimum atomic E-state index is -0.250. The van der Waals surface area contributed by atoms with E-state index in [4.69, 9.17) is 28.8 Å². The maximum Gasteiger partial charge on any atom is 0.290 e. The van der Waals surface area contributed by atoms with Crippen LogP contribution in [0.3, 0.4) is 0 Å². The SMILES string of the molecule is Cc1cccc(C)c1NC(=O)CN1C[C@H](c2ccc3c(c2)OCO3)C(C)[C@@H]1c1ccc(OCCOC(C)C)cc1.O=CO. The van der Waals surface area contributed by atoms with Crippen LogP contribution in [-0.2, 0) is 14.3 Å². The molecule has 9 heteroatoms. The molecule has 0 radical (unpaired) electrons. The van der Waals surface area contributed by atoms with Crippen LogP contribution in [0.15, 0.2) is 60.7 Å². The molecule has 0 aromatic heterocycles. The molecule has 2 heterocycles. The third-order valence-electron chi connectivity index (χ3n) is 7.90. The smallest absolute Gasteiger partial charge is 0.290 e. The molecule has 0 aliphatic carbocycles. The molecule has 3 aromatic carbocycles. The van der Waals surface area contributed by atoms with Gasteiger partial charge in [-0.15, -0.1) is 0 Å². The van der Waals surface area contributed by atoms with E-state index in [1.54, 1.807) is 0 Å². The second-order valence-electron chi connectivity index (χ2n) is 11.2. The molecule has 0 spiro atoms. The first-order chi connectivity index (χ1) is 20.7. The van der Waals surface area contributed by atoms with E-state index in [1.807, 2.05) is 64.1 Å². The predicted molar refractivity (Wildman–Crippen MR) is 165 cm³/mol. The lowest BCUT2D eigenvalue weighted by Crippen LogP contribution is -2.34. The van der Waals surface area contributed by atoms with Crippen molar-refractivity contribution in [1.82, 2.24) is 4.90 Å². The Morgan fingerprint density at radius 2 is 1.67 bits per heavy atom. The van der Waals surface area contributed by atoms with Gasteiger partial charge in [0.25, 0.3) is 6.47 Å². The molecule has 1 saturated heterocycles. The average molecular weight is 591 g/mol. The summed E-state index contributed by atoms with van der Waals surface area (Å²) >= 11 is 0. The Bertz CT molecular complexity index is 1360. The maximum absolute atomic E-state index is 13.4. The molecule has 2 N–H and O–H groups in total. The minimum Gasteiger partial charge on any atom is -0.491 e. The molecule has 5 rings (SSSR count). The van der Waals surface area contributed by atoms with Crippen molar-refractivity contribution in [3.8, 4) is 17.2 Å². The number of benzene rings is 3. The third-order valence-corrected chi connectivity index (χ3v) is 7.90. The van der Waals surface area contributed by atoms with Gasteiger partial charge in [0.05, 0.1) is 19.3 Å². The van der Waals surface area contributed by atoms with Crippen LogP contribution in [0.1, 0.15) is 55.0 Å². The number of amides is 1. The van der Waals surface area contributed by atoms with Gasteiger partial charge in [0, 0.05) is 24.2 Å². The van der Waals surface area contributed by atoms with Crippen LogP contribution < -0.4 is 19.5 Å². The molecule has 0 saturated carbocycles. The molecule has 0 bridgehead atoms. The van der Waals surface area contributed by atoms with Crippen LogP contribution >= 0.6 is 0 Å². The standard InChI is InChI=1S/C33H40N2O5.CH2O2/c1-21(2)37-15-16-38-27-12-9-25(10-13-27)33-24(5)28(26-11-14-29-30(17-26)40-20-39-29)18-35(33)19-31(36)34-32-22(3)7-6-8-23(32)4;2-1-3/h6-14,17,21,24,28,33H,15-16,18-20H2,1-5H3,(H,34,36);1H,(H,2,3)/t24?,28-,33+;/m0./s1. The number of anilines is 1. The van der Waals surface area contributed by atoms with E-state index in [0.29, 0.717) is 19.8 Å². The van der Waals surface area contributed by atoms with Crippen molar-refractivity contribution in [2.24, 2.45) is 5.92 Å². The number of carbonyl (C=O) groups excluding carboxylic acids is 1. The van der Waals surface area contributed by atoms with Crippen molar-refractivity contribution in [3.05, 3.63) is 82.9 Å². The summed E-state index contributed by atoms with van der Waals surface area (Å²) in [7, 11) is 0. The van der Waals surface area contributed by atoms with Gasteiger partial charge in [-0.1, -0.05) is 43.3 Å². The Balaban J connectivity index is 0.00000135. The van der Waals surface area contributed by atoms with Crippen molar-refractivity contribution >= 4 is 18.1 Å².